The predicted molar refractivity (Wildman–Crippen MR) is 118 cm³/mol. The number of amides is 1. The number of aromatic nitrogens is 1. The van der Waals surface area contributed by atoms with Gasteiger partial charge in [0.2, 0.25) is 0 Å². The van der Waals surface area contributed by atoms with Crippen molar-refractivity contribution in [2.45, 2.75) is 45.6 Å². The zero-order valence-electron chi connectivity index (χ0n) is 17.2. The molecular weight excluding hydrogens is 356 g/mol. The van der Waals surface area contributed by atoms with Crippen LogP contribution in [0.3, 0.4) is 0 Å². The summed E-state index contributed by atoms with van der Waals surface area (Å²) in [5.74, 6) is 2.33. The molecule has 1 amide bonds. The SMILES string of the molecule is Cc1ccc(-c2cc(C(=O)N[C@@H](C)[C@@H]3C[C@@H]4CC[C@@H]3C4)c3ccccc3n2)cc1. The van der Waals surface area contributed by atoms with E-state index in [-0.39, 0.29) is 11.9 Å². The molecule has 1 N–H and O–H groups in total. The number of aryl methyl sites for hydroxylation is 1. The van der Waals surface area contributed by atoms with E-state index in [1.54, 1.807) is 0 Å². The first-order valence-corrected chi connectivity index (χ1v) is 10.9. The minimum Gasteiger partial charge on any atom is -0.349 e. The molecule has 2 aliphatic carbocycles. The number of nitrogens with one attached hydrogen (secondary N) is 1. The number of para-hydroxylation sites is 1. The van der Waals surface area contributed by atoms with Gasteiger partial charge in [0, 0.05) is 17.0 Å². The Morgan fingerprint density at radius 1 is 1.07 bits per heavy atom. The van der Waals surface area contributed by atoms with E-state index in [1.165, 1.54) is 31.2 Å². The summed E-state index contributed by atoms with van der Waals surface area (Å²) in [6.45, 7) is 4.26. The van der Waals surface area contributed by atoms with Gasteiger partial charge in [-0.3, -0.25) is 4.79 Å². The molecule has 0 aliphatic heterocycles. The normalized spacial score (nSPS) is 24.0. The number of benzene rings is 2. The van der Waals surface area contributed by atoms with Crippen LogP contribution in [0.1, 0.15) is 48.5 Å². The summed E-state index contributed by atoms with van der Waals surface area (Å²) in [6.07, 6.45) is 5.36. The molecule has 1 aromatic heterocycles. The predicted octanol–water partition coefficient (Wildman–Crippen LogP) is 5.76. The van der Waals surface area contributed by atoms with Gasteiger partial charge in [0.1, 0.15) is 0 Å². The van der Waals surface area contributed by atoms with E-state index in [0.29, 0.717) is 5.92 Å². The number of nitrogens with zero attached hydrogens (tertiary/aromatic N) is 1. The minimum absolute atomic E-state index is 0.0206. The van der Waals surface area contributed by atoms with Crippen LogP contribution in [0.25, 0.3) is 22.2 Å². The minimum atomic E-state index is 0.0206. The molecule has 2 fully saturated rings. The van der Waals surface area contributed by atoms with Crippen molar-refractivity contribution in [1.29, 1.82) is 0 Å². The molecule has 5 rings (SSSR count). The Morgan fingerprint density at radius 3 is 2.59 bits per heavy atom. The van der Waals surface area contributed by atoms with E-state index >= 15 is 0 Å². The molecule has 2 aliphatic rings. The number of hydrogen-bond donors (Lipinski definition) is 1. The molecular formula is C26H28N2O. The summed E-state index contributed by atoms with van der Waals surface area (Å²) in [6, 6.07) is 18.4. The second-order valence-electron chi connectivity index (χ2n) is 9.04. The zero-order valence-corrected chi connectivity index (χ0v) is 17.2. The van der Waals surface area contributed by atoms with Gasteiger partial charge in [-0.2, -0.15) is 0 Å². The van der Waals surface area contributed by atoms with Crippen LogP contribution in [0.5, 0.6) is 0 Å². The first-order valence-electron chi connectivity index (χ1n) is 10.9. The summed E-state index contributed by atoms with van der Waals surface area (Å²) in [5.41, 5.74) is 4.69. The monoisotopic (exact) mass is 384 g/mol. The molecule has 2 bridgehead atoms. The summed E-state index contributed by atoms with van der Waals surface area (Å²) in [7, 11) is 0. The van der Waals surface area contributed by atoms with Crippen molar-refractivity contribution in [3.8, 4) is 11.3 Å². The van der Waals surface area contributed by atoms with Crippen molar-refractivity contribution in [1.82, 2.24) is 10.3 Å². The maximum absolute atomic E-state index is 13.3. The molecule has 2 aromatic carbocycles. The van der Waals surface area contributed by atoms with E-state index in [1.807, 2.05) is 30.3 Å². The Hall–Kier alpha value is -2.68. The van der Waals surface area contributed by atoms with Gasteiger partial charge in [0.05, 0.1) is 16.8 Å². The summed E-state index contributed by atoms with van der Waals surface area (Å²) < 4.78 is 0. The van der Waals surface area contributed by atoms with E-state index in [4.69, 9.17) is 4.98 Å². The van der Waals surface area contributed by atoms with Gasteiger partial charge in [0.15, 0.2) is 0 Å². The van der Waals surface area contributed by atoms with Crippen molar-refractivity contribution < 1.29 is 4.79 Å². The maximum Gasteiger partial charge on any atom is 0.252 e. The van der Waals surface area contributed by atoms with E-state index in [2.05, 4.69) is 43.4 Å². The number of carbonyl (C=O) groups excluding carboxylic acids is 1. The van der Waals surface area contributed by atoms with E-state index in [0.717, 1.165) is 39.6 Å². The van der Waals surface area contributed by atoms with Crippen molar-refractivity contribution in [2.24, 2.45) is 17.8 Å². The Balaban J connectivity index is 1.47. The number of hydrogen-bond acceptors (Lipinski definition) is 2. The van der Waals surface area contributed by atoms with Gasteiger partial charge in [0.25, 0.3) is 5.91 Å². The first-order chi connectivity index (χ1) is 14.1. The number of fused-ring (bicyclic) bond motifs is 3. The topological polar surface area (TPSA) is 42.0 Å². The standard InChI is InChI=1S/C26H28N2O/c1-16-7-10-19(11-8-16)25-15-23(21-5-3-4-6-24(21)28-25)26(29)27-17(2)22-14-18-9-12-20(22)13-18/h3-8,10-11,15,17-18,20,22H,9,12-14H2,1-2H3,(H,27,29)/t17-,18+,20+,22-/m0/s1. The molecule has 148 valence electrons. The van der Waals surface area contributed by atoms with Crippen LogP contribution < -0.4 is 5.32 Å². The average Bonchev–Trinajstić information content (AvgIpc) is 3.37. The van der Waals surface area contributed by atoms with Gasteiger partial charge in [-0.05, 0) is 63.0 Å². The van der Waals surface area contributed by atoms with Gasteiger partial charge in [-0.15, -0.1) is 0 Å². The molecule has 1 heterocycles. The average molecular weight is 385 g/mol. The van der Waals surface area contributed by atoms with Crippen molar-refractivity contribution >= 4 is 16.8 Å². The van der Waals surface area contributed by atoms with Gasteiger partial charge < -0.3 is 5.32 Å². The summed E-state index contributed by atoms with van der Waals surface area (Å²) in [5, 5.41) is 4.25. The van der Waals surface area contributed by atoms with Crippen molar-refractivity contribution in [2.75, 3.05) is 0 Å². The van der Waals surface area contributed by atoms with Crippen LogP contribution in [0.2, 0.25) is 0 Å². The van der Waals surface area contributed by atoms with Gasteiger partial charge in [-0.25, -0.2) is 4.98 Å². The molecule has 2 saturated carbocycles. The second kappa shape index (κ2) is 7.29. The fraction of sp³-hybridized carbons (Fsp3) is 0.385. The van der Waals surface area contributed by atoms with Crippen LogP contribution in [0, 0.1) is 24.7 Å². The highest BCUT2D eigenvalue weighted by Gasteiger charge is 2.42. The van der Waals surface area contributed by atoms with Crippen molar-refractivity contribution in [3.63, 3.8) is 0 Å². The van der Waals surface area contributed by atoms with Crippen LogP contribution >= 0.6 is 0 Å². The van der Waals surface area contributed by atoms with Crippen LogP contribution in [0.15, 0.2) is 54.6 Å². The lowest BCUT2D eigenvalue weighted by Crippen LogP contribution is -2.40. The Bertz CT molecular complexity index is 1060. The highest BCUT2D eigenvalue weighted by molar-refractivity contribution is 6.07. The quantitative estimate of drug-likeness (QED) is 0.621. The Kier molecular flexibility index (Phi) is 4.61. The third-order valence-electron chi connectivity index (χ3n) is 7.10. The summed E-state index contributed by atoms with van der Waals surface area (Å²) in [4.78, 5) is 18.2. The first kappa shape index (κ1) is 18.4. The lowest BCUT2D eigenvalue weighted by atomic mass is 9.84. The fourth-order valence-electron chi connectivity index (χ4n) is 5.53. The Morgan fingerprint density at radius 2 is 1.86 bits per heavy atom. The third-order valence-corrected chi connectivity index (χ3v) is 7.10. The number of carbonyl (C=O) groups is 1. The van der Waals surface area contributed by atoms with Crippen LogP contribution in [-0.2, 0) is 0 Å². The lowest BCUT2D eigenvalue weighted by molar-refractivity contribution is 0.0917. The van der Waals surface area contributed by atoms with Gasteiger partial charge in [-0.1, -0.05) is 54.4 Å². The maximum atomic E-state index is 13.3. The fourth-order valence-corrected chi connectivity index (χ4v) is 5.53. The third kappa shape index (κ3) is 3.43. The molecule has 0 spiro atoms. The lowest BCUT2D eigenvalue weighted by Gasteiger charge is -2.28. The van der Waals surface area contributed by atoms with Crippen LogP contribution in [-0.4, -0.2) is 16.9 Å². The molecule has 3 heteroatoms. The highest BCUT2D eigenvalue weighted by Crippen LogP contribution is 2.49. The Labute approximate surface area is 172 Å². The highest BCUT2D eigenvalue weighted by atomic mass is 16.1. The molecule has 0 unspecified atom stereocenters. The molecule has 3 nitrogen and oxygen atoms in total. The zero-order chi connectivity index (χ0) is 20.0. The largest absolute Gasteiger partial charge is 0.349 e. The molecule has 3 aromatic rings. The summed E-state index contributed by atoms with van der Waals surface area (Å²) >= 11 is 0. The molecule has 0 saturated heterocycles. The number of rotatable bonds is 4. The van der Waals surface area contributed by atoms with E-state index in [9.17, 15) is 4.79 Å². The van der Waals surface area contributed by atoms with E-state index < -0.39 is 0 Å². The smallest absolute Gasteiger partial charge is 0.252 e. The molecule has 4 atom stereocenters. The van der Waals surface area contributed by atoms with Crippen LogP contribution in [0.4, 0.5) is 0 Å². The second-order valence-corrected chi connectivity index (χ2v) is 9.04. The molecule has 29 heavy (non-hydrogen) atoms. The van der Waals surface area contributed by atoms with Gasteiger partial charge >= 0.3 is 0 Å². The molecule has 0 radical (unpaired) electrons. The number of pyridine rings is 1. The van der Waals surface area contributed by atoms with Crippen molar-refractivity contribution in [3.05, 3.63) is 65.7 Å².